The number of halogens is 3. The van der Waals surface area contributed by atoms with Gasteiger partial charge in [-0.05, 0) is 6.92 Å². The molecule has 12 heavy (non-hydrogen) atoms. The van der Waals surface area contributed by atoms with Crippen LogP contribution in [0.15, 0.2) is 0 Å². The van der Waals surface area contributed by atoms with Crippen molar-refractivity contribution in [3.8, 4) is 0 Å². The molecule has 1 radical (unpaired) electrons. The number of esters is 1. The summed E-state index contributed by atoms with van der Waals surface area (Å²) in [6, 6.07) is 0. The molecule has 0 aliphatic carbocycles. The third-order valence-corrected chi connectivity index (χ3v) is 0.718. The predicted octanol–water partition coefficient (Wildman–Crippen LogP) is 0.300. The number of rotatable bonds is 2. The largest absolute Gasteiger partial charge is 0.461 e. The van der Waals surface area contributed by atoms with Gasteiger partial charge in [-0.2, -0.15) is 13.2 Å². The Morgan fingerprint density at radius 1 is 1.33 bits per heavy atom. The Bertz CT molecular complexity index is 177. The first kappa shape index (κ1) is 15.5. The standard InChI is InChI=1S/C5H5F3O3.Cs/c1-2-11-4(10)3(9)5(6,7)8;/h2H2,1H3;. The van der Waals surface area contributed by atoms with E-state index >= 15 is 0 Å². The summed E-state index contributed by atoms with van der Waals surface area (Å²) < 4.78 is 37.9. The number of Topliss-reactive ketones (excluding diaryl/α,β-unsaturated/α-hetero) is 1. The van der Waals surface area contributed by atoms with Crippen molar-refractivity contribution in [2.24, 2.45) is 0 Å². The number of carbonyl (C=O) groups is 2. The third-order valence-electron chi connectivity index (χ3n) is 0.718. The fraction of sp³-hybridized carbons (Fsp3) is 0.600. The summed E-state index contributed by atoms with van der Waals surface area (Å²) in [5.74, 6) is -4.33. The molecule has 0 atom stereocenters. The van der Waals surface area contributed by atoms with Crippen molar-refractivity contribution in [3.63, 3.8) is 0 Å². The summed E-state index contributed by atoms with van der Waals surface area (Å²) in [6.45, 7) is 1.06. The maximum absolute atomic E-state index is 11.4. The fourth-order valence-electron chi connectivity index (χ4n) is 0.312. The van der Waals surface area contributed by atoms with E-state index in [0.29, 0.717) is 0 Å². The normalized spacial score (nSPS) is 10.0. The van der Waals surface area contributed by atoms with E-state index in [1.165, 1.54) is 6.92 Å². The summed E-state index contributed by atoms with van der Waals surface area (Å²) in [5, 5.41) is 0. The van der Waals surface area contributed by atoms with E-state index < -0.39 is 17.9 Å². The van der Waals surface area contributed by atoms with Crippen molar-refractivity contribution in [2.45, 2.75) is 13.1 Å². The first-order valence-electron chi connectivity index (χ1n) is 2.68. The van der Waals surface area contributed by atoms with Crippen molar-refractivity contribution in [3.05, 3.63) is 0 Å². The van der Waals surface area contributed by atoms with Crippen LogP contribution in [-0.2, 0) is 14.3 Å². The Kier molecular flexibility index (Phi) is 8.29. The van der Waals surface area contributed by atoms with Gasteiger partial charge >= 0.3 is 17.9 Å². The van der Waals surface area contributed by atoms with Gasteiger partial charge in [-0.1, -0.05) is 0 Å². The second kappa shape index (κ2) is 6.44. The number of ether oxygens (including phenoxy) is 1. The van der Waals surface area contributed by atoms with Crippen LogP contribution in [0, 0.1) is 0 Å². The van der Waals surface area contributed by atoms with Crippen LogP contribution in [-0.4, -0.2) is 93.4 Å². The van der Waals surface area contributed by atoms with Gasteiger partial charge in [0.2, 0.25) is 0 Å². The molecule has 0 bridgehead atoms. The molecule has 0 aromatic carbocycles. The van der Waals surface area contributed by atoms with Gasteiger partial charge < -0.3 is 4.74 Å². The fourth-order valence-corrected chi connectivity index (χ4v) is 0.312. The summed E-state index contributed by atoms with van der Waals surface area (Å²) in [7, 11) is 0. The molecule has 0 fully saturated rings. The number of hydrogen-bond acceptors (Lipinski definition) is 3. The molecule has 0 spiro atoms. The van der Waals surface area contributed by atoms with Gasteiger partial charge in [-0.15, -0.1) is 0 Å². The van der Waals surface area contributed by atoms with E-state index in [0.717, 1.165) is 0 Å². The van der Waals surface area contributed by atoms with Crippen LogP contribution < -0.4 is 0 Å². The van der Waals surface area contributed by atoms with Crippen LogP contribution in [0.25, 0.3) is 0 Å². The second-order valence-corrected chi connectivity index (χ2v) is 1.55. The molecule has 0 unspecified atom stereocenters. The maximum atomic E-state index is 11.4. The quantitative estimate of drug-likeness (QED) is 0.544. The third kappa shape index (κ3) is 5.60. The molecule has 0 rings (SSSR count). The zero-order chi connectivity index (χ0) is 9.07. The molecular formula is C5H5CsF3O3. The molecule has 0 heterocycles. The molecule has 7 heteroatoms. The van der Waals surface area contributed by atoms with Crippen LogP contribution in [0.3, 0.4) is 0 Å². The molecule has 0 saturated carbocycles. The summed E-state index contributed by atoms with van der Waals surface area (Å²) >= 11 is 0. The van der Waals surface area contributed by atoms with Gasteiger partial charge in [-0.3, -0.25) is 4.79 Å². The van der Waals surface area contributed by atoms with Crippen molar-refractivity contribution in [1.82, 2.24) is 0 Å². The van der Waals surface area contributed by atoms with Gasteiger partial charge in [-0.25, -0.2) is 4.79 Å². The minimum absolute atomic E-state index is 0. The Morgan fingerprint density at radius 3 is 2.00 bits per heavy atom. The summed E-state index contributed by atoms with van der Waals surface area (Å²) in [6.07, 6.45) is -5.13. The SMILES string of the molecule is CCOC(=O)C(=O)C(F)(F)F.[Cs]. The van der Waals surface area contributed by atoms with E-state index in [4.69, 9.17) is 0 Å². The zero-order valence-electron chi connectivity index (χ0n) is 6.57. The molecular weight excluding hydrogens is 298 g/mol. The van der Waals surface area contributed by atoms with Crippen LogP contribution >= 0.6 is 0 Å². The second-order valence-electron chi connectivity index (χ2n) is 1.55. The molecule has 0 aromatic heterocycles. The first-order valence-corrected chi connectivity index (χ1v) is 2.68. The average Bonchev–Trinajstić information content (AvgIpc) is 1.85. The van der Waals surface area contributed by atoms with E-state index in [2.05, 4.69) is 4.74 Å². The Hall–Kier alpha value is 0.982. The summed E-state index contributed by atoms with van der Waals surface area (Å²) in [5.41, 5.74) is 0. The van der Waals surface area contributed by atoms with E-state index in [1.54, 1.807) is 0 Å². The van der Waals surface area contributed by atoms with Crippen molar-refractivity contribution >= 4 is 80.6 Å². The van der Waals surface area contributed by atoms with E-state index in [-0.39, 0.29) is 75.5 Å². The van der Waals surface area contributed by atoms with Gasteiger partial charge in [0.05, 0.1) is 6.61 Å². The molecule has 0 aliphatic rings. The van der Waals surface area contributed by atoms with Crippen molar-refractivity contribution < 1.29 is 27.5 Å². The Morgan fingerprint density at radius 2 is 1.75 bits per heavy atom. The van der Waals surface area contributed by atoms with E-state index in [9.17, 15) is 22.8 Å². The molecule has 0 amide bonds. The van der Waals surface area contributed by atoms with Crippen molar-refractivity contribution in [2.75, 3.05) is 6.61 Å². The zero-order valence-corrected chi connectivity index (χ0v) is 12.8. The Labute approximate surface area is 125 Å². The average molecular weight is 303 g/mol. The monoisotopic (exact) mass is 303 g/mol. The molecule has 65 valence electrons. The van der Waals surface area contributed by atoms with Crippen LogP contribution in [0.2, 0.25) is 0 Å². The molecule has 0 N–H and O–H groups in total. The summed E-state index contributed by atoms with van der Waals surface area (Å²) in [4.78, 5) is 20.1. The smallest absolute Gasteiger partial charge is 0.460 e. The minimum atomic E-state index is -5.13. The maximum Gasteiger partial charge on any atom is 0.461 e. The van der Waals surface area contributed by atoms with Gasteiger partial charge in [0.25, 0.3) is 0 Å². The predicted molar refractivity (Wildman–Crippen MR) is 33.4 cm³/mol. The van der Waals surface area contributed by atoms with Gasteiger partial charge in [0, 0.05) is 68.9 Å². The Balaban J connectivity index is 0. The molecule has 0 aromatic rings. The van der Waals surface area contributed by atoms with Crippen LogP contribution in [0.4, 0.5) is 13.2 Å². The topological polar surface area (TPSA) is 43.4 Å². The first-order chi connectivity index (χ1) is 4.89. The minimum Gasteiger partial charge on any atom is -0.460 e. The molecule has 0 aliphatic heterocycles. The number of carbonyl (C=O) groups excluding carboxylic acids is 2. The van der Waals surface area contributed by atoms with E-state index in [1.807, 2.05) is 0 Å². The van der Waals surface area contributed by atoms with Crippen LogP contribution in [0.1, 0.15) is 6.92 Å². The van der Waals surface area contributed by atoms with Crippen LogP contribution in [0.5, 0.6) is 0 Å². The van der Waals surface area contributed by atoms with Crippen molar-refractivity contribution in [1.29, 1.82) is 0 Å². The molecule has 0 saturated heterocycles. The molecule has 3 nitrogen and oxygen atoms in total. The van der Waals surface area contributed by atoms with Gasteiger partial charge in [0.1, 0.15) is 0 Å². The van der Waals surface area contributed by atoms with Gasteiger partial charge in [0.15, 0.2) is 0 Å². The number of hydrogen-bond donors (Lipinski definition) is 0. The number of alkyl halides is 3. The number of ketones is 1.